The van der Waals surface area contributed by atoms with Gasteiger partial charge in [0.25, 0.3) is 0 Å². The van der Waals surface area contributed by atoms with Gasteiger partial charge in [0, 0.05) is 28.7 Å². The number of nitrogens with one attached hydrogen (secondary N) is 1. The van der Waals surface area contributed by atoms with Crippen molar-refractivity contribution in [2.24, 2.45) is 0 Å². The van der Waals surface area contributed by atoms with E-state index in [0.717, 1.165) is 28.3 Å². The lowest BCUT2D eigenvalue weighted by Crippen LogP contribution is -2.14. The van der Waals surface area contributed by atoms with E-state index in [4.69, 9.17) is 9.47 Å². The van der Waals surface area contributed by atoms with Gasteiger partial charge in [0.15, 0.2) is 27.6 Å². The highest BCUT2D eigenvalue weighted by molar-refractivity contribution is 7.99. The Kier molecular flexibility index (Phi) is 8.78. The van der Waals surface area contributed by atoms with Crippen molar-refractivity contribution in [3.63, 3.8) is 0 Å². The number of hydrogen-bond acceptors (Lipinski definition) is 8. The molecule has 8 nitrogen and oxygen atoms in total. The number of aromatic nitrogens is 4. The van der Waals surface area contributed by atoms with E-state index < -0.39 is 11.7 Å². The van der Waals surface area contributed by atoms with Crippen LogP contribution in [0.5, 0.6) is 11.5 Å². The van der Waals surface area contributed by atoms with E-state index in [1.54, 1.807) is 32.5 Å². The molecule has 0 bridgehead atoms. The normalized spacial score (nSPS) is 11.4. The summed E-state index contributed by atoms with van der Waals surface area (Å²) < 4.78 is 51.8. The van der Waals surface area contributed by atoms with Crippen LogP contribution in [0, 0.1) is 0 Å². The fraction of sp³-hybridized carbons (Fsp3) is 0.172. The van der Waals surface area contributed by atoms with E-state index in [2.05, 4.69) is 20.5 Å². The summed E-state index contributed by atoms with van der Waals surface area (Å²) in [7, 11) is 3.12. The Balaban J connectivity index is 1.29. The maximum atomic E-state index is 13.0. The first-order valence-corrected chi connectivity index (χ1v) is 14.3. The summed E-state index contributed by atoms with van der Waals surface area (Å²) in [5.74, 6) is 1.40. The van der Waals surface area contributed by atoms with Gasteiger partial charge in [-0.15, -0.1) is 21.5 Å². The molecule has 3 aromatic carbocycles. The zero-order valence-electron chi connectivity index (χ0n) is 22.4. The molecule has 0 radical (unpaired) electrons. The number of carbonyl (C=O) groups excluding carboxylic acids is 1. The van der Waals surface area contributed by atoms with Crippen molar-refractivity contribution in [2.75, 3.05) is 25.3 Å². The molecule has 216 valence electrons. The van der Waals surface area contributed by atoms with Crippen molar-refractivity contribution in [3.8, 4) is 28.6 Å². The Morgan fingerprint density at radius 3 is 2.50 bits per heavy atom. The second-order valence-corrected chi connectivity index (χ2v) is 10.9. The van der Waals surface area contributed by atoms with Crippen LogP contribution < -0.4 is 14.8 Å². The topological polar surface area (TPSA) is 91.2 Å². The van der Waals surface area contributed by atoms with E-state index in [-0.39, 0.29) is 18.1 Å². The van der Waals surface area contributed by atoms with Gasteiger partial charge < -0.3 is 14.8 Å². The molecular formula is C29H24F3N5O3S2. The molecule has 0 aliphatic heterocycles. The summed E-state index contributed by atoms with van der Waals surface area (Å²) in [5.41, 5.74) is 1.37. The molecule has 1 N–H and O–H groups in total. The van der Waals surface area contributed by atoms with Crippen LogP contribution in [-0.2, 0) is 17.4 Å². The third-order valence-electron chi connectivity index (χ3n) is 6.05. The van der Waals surface area contributed by atoms with Gasteiger partial charge in [0.1, 0.15) is 0 Å². The number of alkyl halides is 3. The molecule has 0 saturated heterocycles. The molecule has 5 aromatic rings. The van der Waals surface area contributed by atoms with Crippen LogP contribution >= 0.6 is 23.1 Å². The fourth-order valence-electron chi connectivity index (χ4n) is 4.13. The van der Waals surface area contributed by atoms with Crippen molar-refractivity contribution >= 4 is 34.1 Å². The number of ether oxygens (including phenoxy) is 2. The summed E-state index contributed by atoms with van der Waals surface area (Å²) in [5, 5.41) is 12.4. The van der Waals surface area contributed by atoms with Crippen LogP contribution in [0.3, 0.4) is 0 Å². The number of nitrogens with zero attached hydrogens (tertiary/aromatic N) is 4. The maximum Gasteiger partial charge on any atom is 0.416 e. The Labute approximate surface area is 247 Å². The van der Waals surface area contributed by atoms with Crippen LogP contribution in [0.2, 0.25) is 0 Å². The molecule has 0 fully saturated rings. The highest BCUT2D eigenvalue weighted by atomic mass is 32.2. The quantitative estimate of drug-likeness (QED) is 0.175. The average molecular weight is 612 g/mol. The molecule has 2 aromatic heterocycles. The predicted octanol–water partition coefficient (Wildman–Crippen LogP) is 6.75. The molecule has 13 heteroatoms. The Hall–Kier alpha value is -4.36. The third kappa shape index (κ3) is 6.74. The van der Waals surface area contributed by atoms with Crippen LogP contribution in [0.15, 0.2) is 84.1 Å². The molecule has 0 unspecified atom stereocenters. The smallest absolute Gasteiger partial charge is 0.416 e. The van der Waals surface area contributed by atoms with Gasteiger partial charge in [0.2, 0.25) is 5.91 Å². The second-order valence-electron chi connectivity index (χ2n) is 8.89. The molecule has 42 heavy (non-hydrogen) atoms. The standard InChI is InChI=1S/C29H24F3N5O3S2/c1-39-23-12-11-19(15-24(23)40-2)26-35-36-28(37(26)21-9-4-3-5-10-21)41-17-25(38)34-27-33-16-22(42-27)14-18-7-6-8-20(13-18)29(30,31)32/h3-13,15-16H,14,17H2,1-2H3,(H,33,34,38). The molecule has 0 aliphatic rings. The second kappa shape index (κ2) is 12.7. The van der Waals surface area contributed by atoms with Gasteiger partial charge in [-0.1, -0.05) is 48.2 Å². The van der Waals surface area contributed by atoms with Crippen molar-refractivity contribution in [1.82, 2.24) is 19.7 Å². The fourth-order valence-corrected chi connectivity index (χ4v) is 5.74. The van der Waals surface area contributed by atoms with Gasteiger partial charge in [-0.2, -0.15) is 13.2 Å². The largest absolute Gasteiger partial charge is 0.493 e. The average Bonchev–Trinajstić information content (AvgIpc) is 3.62. The van der Waals surface area contributed by atoms with Crippen molar-refractivity contribution < 1.29 is 27.4 Å². The van der Waals surface area contributed by atoms with Gasteiger partial charge in [-0.3, -0.25) is 9.36 Å². The van der Waals surface area contributed by atoms with E-state index in [0.29, 0.717) is 33.2 Å². The van der Waals surface area contributed by atoms with Crippen LogP contribution in [-0.4, -0.2) is 45.6 Å². The summed E-state index contributed by atoms with van der Waals surface area (Å²) in [4.78, 5) is 17.7. The predicted molar refractivity (Wildman–Crippen MR) is 156 cm³/mol. The monoisotopic (exact) mass is 611 g/mol. The number of thiazole rings is 1. The summed E-state index contributed by atoms with van der Waals surface area (Å²) in [6.45, 7) is 0. The van der Waals surface area contributed by atoms with Gasteiger partial charge in [0.05, 0.1) is 25.5 Å². The molecule has 0 spiro atoms. The molecule has 0 aliphatic carbocycles. The maximum absolute atomic E-state index is 13.0. The Morgan fingerprint density at radius 1 is 0.976 bits per heavy atom. The molecular weight excluding hydrogens is 587 g/mol. The first-order chi connectivity index (χ1) is 20.2. The van der Waals surface area contributed by atoms with Crippen LogP contribution in [0.4, 0.5) is 18.3 Å². The van der Waals surface area contributed by atoms with E-state index in [1.165, 1.54) is 29.2 Å². The van der Waals surface area contributed by atoms with E-state index >= 15 is 0 Å². The minimum atomic E-state index is -4.41. The summed E-state index contributed by atoms with van der Waals surface area (Å²) in [6.07, 6.45) is -2.59. The molecule has 5 rings (SSSR count). The minimum absolute atomic E-state index is 0.0272. The number of hydrogen-bond donors (Lipinski definition) is 1. The van der Waals surface area contributed by atoms with Crippen LogP contribution in [0.1, 0.15) is 16.0 Å². The zero-order chi connectivity index (χ0) is 29.7. The summed E-state index contributed by atoms with van der Waals surface area (Å²) >= 11 is 2.42. The highest BCUT2D eigenvalue weighted by Gasteiger charge is 2.30. The summed E-state index contributed by atoms with van der Waals surface area (Å²) in [6, 6.07) is 20.1. The number of rotatable bonds is 10. The molecule has 0 atom stereocenters. The number of para-hydroxylation sites is 1. The number of amides is 1. The Bertz CT molecular complexity index is 1690. The first-order valence-electron chi connectivity index (χ1n) is 12.5. The molecule has 1 amide bonds. The lowest BCUT2D eigenvalue weighted by atomic mass is 10.1. The number of benzene rings is 3. The van der Waals surface area contributed by atoms with Crippen LogP contribution in [0.25, 0.3) is 17.1 Å². The van der Waals surface area contributed by atoms with Gasteiger partial charge in [-0.25, -0.2) is 4.98 Å². The lowest BCUT2D eigenvalue weighted by molar-refractivity contribution is -0.137. The number of thioether (sulfide) groups is 1. The Morgan fingerprint density at radius 2 is 1.76 bits per heavy atom. The minimum Gasteiger partial charge on any atom is -0.493 e. The van der Waals surface area contributed by atoms with E-state index in [1.807, 2.05) is 47.0 Å². The number of anilines is 1. The van der Waals surface area contributed by atoms with Gasteiger partial charge >= 0.3 is 6.18 Å². The molecule has 0 saturated carbocycles. The number of methoxy groups -OCH3 is 2. The highest BCUT2D eigenvalue weighted by Crippen LogP contribution is 2.35. The van der Waals surface area contributed by atoms with Crippen molar-refractivity contribution in [3.05, 3.63) is 95.0 Å². The zero-order valence-corrected chi connectivity index (χ0v) is 24.0. The number of carbonyl (C=O) groups is 1. The van der Waals surface area contributed by atoms with E-state index in [9.17, 15) is 18.0 Å². The first kappa shape index (κ1) is 29.1. The van der Waals surface area contributed by atoms with Gasteiger partial charge in [-0.05, 0) is 42.0 Å². The number of halogens is 3. The lowest BCUT2D eigenvalue weighted by Gasteiger charge is -2.12. The third-order valence-corrected chi connectivity index (χ3v) is 7.90. The van der Waals surface area contributed by atoms with Crippen molar-refractivity contribution in [1.29, 1.82) is 0 Å². The van der Waals surface area contributed by atoms with Crippen molar-refractivity contribution in [2.45, 2.75) is 17.8 Å². The SMILES string of the molecule is COc1ccc(-c2nnc(SCC(=O)Nc3ncc(Cc4cccc(C(F)(F)F)c4)s3)n2-c2ccccc2)cc1OC. The molecule has 2 heterocycles.